The van der Waals surface area contributed by atoms with E-state index in [-0.39, 0.29) is 139 Å². The van der Waals surface area contributed by atoms with E-state index in [2.05, 4.69) is 12.3 Å². The Morgan fingerprint density at radius 1 is 0.277 bits per heavy atom. The topological polar surface area (TPSA) is 339 Å². The summed E-state index contributed by atoms with van der Waals surface area (Å²) in [6.07, 6.45) is 12.8. The van der Waals surface area contributed by atoms with Gasteiger partial charge in [-0.05, 0) is 145 Å². The molecule has 1 atom stereocenters. The van der Waals surface area contributed by atoms with Crippen molar-refractivity contribution in [3.63, 3.8) is 0 Å². The Morgan fingerprint density at radius 3 is 0.748 bits per heavy atom. The van der Waals surface area contributed by atoms with Gasteiger partial charge in [0.1, 0.15) is 0 Å². The number of rotatable bonds is 20. The van der Waals surface area contributed by atoms with Gasteiger partial charge in [0.25, 0.3) is 29.5 Å². The van der Waals surface area contributed by atoms with Crippen LogP contribution in [0.1, 0.15) is 115 Å². The minimum atomic E-state index is -3.65. The minimum absolute atomic E-state index is 0. The third-order valence-electron chi connectivity index (χ3n) is 14.7. The van der Waals surface area contributed by atoms with Gasteiger partial charge in [-0.25, -0.2) is 0 Å². The molecule has 119 heavy (non-hydrogen) atoms. The van der Waals surface area contributed by atoms with E-state index in [0.29, 0.717) is 79.4 Å². The van der Waals surface area contributed by atoms with Crippen molar-refractivity contribution in [1.29, 1.82) is 0 Å². The van der Waals surface area contributed by atoms with E-state index in [1.807, 2.05) is 165 Å². The molecule has 0 aromatic heterocycles. The number of terminal acetylenes is 1. The second kappa shape index (κ2) is 79.4. The van der Waals surface area contributed by atoms with Crippen molar-refractivity contribution in [2.75, 3.05) is 64.5 Å². The van der Waals surface area contributed by atoms with Crippen LogP contribution in [-0.2, 0) is 36.5 Å². The van der Waals surface area contributed by atoms with E-state index in [9.17, 15) is 61.0 Å². The molecule has 34 heteroatoms. The Kier molecular flexibility index (Phi) is 93.5. The van der Waals surface area contributed by atoms with Gasteiger partial charge in [-0.3, -0.25) is 36.5 Å². The fourth-order valence-electron chi connectivity index (χ4n) is 9.16. The zero-order valence-electron chi connectivity index (χ0n) is 71.9. The molecule has 0 bridgehead atoms. The Hall–Kier alpha value is -2.02. The molecule has 18 nitrogen and oxygen atoms in total. The average Bonchev–Trinajstić information content (AvgIpc) is 0.763. The van der Waals surface area contributed by atoms with Crippen LogP contribution in [0.4, 0.5) is 0 Å². The SMILES string of the molecule is C#CC.CC.CC.CCCCP(=O)(O)CCCC.CCCP(=O)(O)CCC.CCP(=O)(O)CC.CO.CO.CP(C)(=O)O.O=P(O)(c1ccc2ccccc2c1)c1cccc2ccccc12.O=P(O)(c1ccccc1)c1ccccc1.O=P(O)(c1ccccc1)c1ccccc1.O=P(O)(c1ccccc1)c1ccccc1.[Al+3].[Al+3].[Al+3].[Al+3].[Al+3].[Al+3].[Al+3].[Al+3]. The Morgan fingerprint density at radius 2 is 0.504 bits per heavy atom. The average molecular weight is 1900 g/mol. The Labute approximate surface area is 798 Å². The number of aliphatic hydroxyl groups excluding tert-OH is 2. The Bertz CT molecular complexity index is 4150. The number of fused-ring (bicyclic) bond motifs is 2. The Balaban J connectivity index is -0.000000125. The smallest absolute Gasteiger partial charge is 0.400 e. The normalized spacial score (nSPS) is 10.4. The molecule has 0 saturated heterocycles. The largest absolute Gasteiger partial charge is 3.00 e. The van der Waals surface area contributed by atoms with Gasteiger partial charge >= 0.3 is 139 Å². The fraction of sp³-hybridized carbons (Fsp3) is 0.318. The summed E-state index contributed by atoms with van der Waals surface area (Å²) >= 11 is 0. The molecule has 0 aliphatic heterocycles. The molecule has 0 fully saturated rings. The molecular weight excluding hydrogens is 1770 g/mol. The van der Waals surface area contributed by atoms with Crippen molar-refractivity contribution in [2.45, 2.75) is 115 Å². The number of unbranched alkanes of at least 4 members (excludes halogenated alkanes) is 2. The summed E-state index contributed by atoms with van der Waals surface area (Å²) in [7, 11) is -22.6. The maximum absolute atomic E-state index is 13.2. The summed E-state index contributed by atoms with van der Waals surface area (Å²) in [6.45, 7) is 23.6. The minimum Gasteiger partial charge on any atom is -0.400 e. The molecule has 10 aromatic carbocycles. The van der Waals surface area contributed by atoms with Crippen LogP contribution < -0.4 is 42.4 Å². The first-order chi connectivity index (χ1) is 52.6. The maximum Gasteiger partial charge on any atom is 3.00 e. The molecule has 10 rings (SSSR count). The molecule has 1 unspecified atom stereocenters. The molecule has 0 spiro atoms. The number of hydrogen-bond acceptors (Lipinski definition) is 10. The first-order valence-corrected chi connectivity index (χ1v) is 52.0. The van der Waals surface area contributed by atoms with E-state index in [1.165, 1.54) is 13.3 Å². The summed E-state index contributed by atoms with van der Waals surface area (Å²) in [5.74, 6) is 2.25. The maximum atomic E-state index is 13.2. The van der Waals surface area contributed by atoms with Crippen LogP contribution in [0.3, 0.4) is 0 Å². The van der Waals surface area contributed by atoms with Gasteiger partial charge in [0, 0.05) is 107 Å². The predicted octanol–water partition coefficient (Wildman–Crippen LogP) is 15.5. The molecule has 0 aliphatic rings. The summed E-state index contributed by atoms with van der Waals surface area (Å²) in [6, 6.07) is 78.8. The molecule has 0 heterocycles. The van der Waals surface area contributed by atoms with Gasteiger partial charge in [0.05, 0.1) is 0 Å². The van der Waals surface area contributed by atoms with Crippen LogP contribution in [-0.4, -0.2) is 253 Å². The monoisotopic (exact) mass is 1900 g/mol. The number of aliphatic hydroxyl groups is 2. The van der Waals surface area contributed by atoms with Crippen LogP contribution in [0.15, 0.2) is 267 Å². The summed E-state index contributed by atoms with van der Waals surface area (Å²) in [4.78, 5) is 76.1. The van der Waals surface area contributed by atoms with Crippen molar-refractivity contribution >= 4 is 262 Å². The molecule has 10 aromatic rings. The second-order valence-electron chi connectivity index (χ2n) is 23.7. The van der Waals surface area contributed by atoms with E-state index < -0.39 is 59.0 Å². The van der Waals surface area contributed by atoms with Crippen molar-refractivity contribution < 1.29 is 85.9 Å². The van der Waals surface area contributed by atoms with Crippen LogP contribution in [0.2, 0.25) is 0 Å². The van der Waals surface area contributed by atoms with Gasteiger partial charge in [-0.15, -0.1) is 12.3 Å². The fourth-order valence-corrected chi connectivity index (χ4v) is 19.1. The van der Waals surface area contributed by atoms with E-state index in [4.69, 9.17) is 24.9 Å². The molecular formula is C85H124Al8O18P8+24. The van der Waals surface area contributed by atoms with Crippen LogP contribution in [0.25, 0.3) is 21.5 Å². The van der Waals surface area contributed by atoms with Gasteiger partial charge in [0.15, 0.2) is 14.7 Å². The molecule has 0 amide bonds. The number of benzene rings is 10. The van der Waals surface area contributed by atoms with E-state index in [1.54, 1.807) is 178 Å². The van der Waals surface area contributed by atoms with Gasteiger partial charge < -0.3 is 49.4 Å². The van der Waals surface area contributed by atoms with Crippen LogP contribution in [0.5, 0.6) is 0 Å². The summed E-state index contributed by atoms with van der Waals surface area (Å²) in [5, 5.41) is 21.6. The van der Waals surface area contributed by atoms with Crippen LogP contribution in [0, 0.1) is 12.3 Å². The number of hydrogen-bond donors (Lipinski definition) is 10. The van der Waals surface area contributed by atoms with Crippen molar-refractivity contribution in [1.82, 2.24) is 0 Å². The second-order valence-corrected chi connectivity index (χ2v) is 43.1. The zero-order valence-corrected chi connectivity index (χ0v) is 88.3. The van der Waals surface area contributed by atoms with Crippen LogP contribution >= 0.6 is 59.0 Å². The third-order valence-corrected chi connectivity index (χ3v) is 29.0. The van der Waals surface area contributed by atoms with E-state index in [0.717, 1.165) is 74.3 Å². The predicted molar refractivity (Wildman–Crippen MR) is 525 cm³/mol. The van der Waals surface area contributed by atoms with Gasteiger partial charge in [-0.2, -0.15) is 0 Å². The van der Waals surface area contributed by atoms with Crippen molar-refractivity contribution in [3.05, 3.63) is 267 Å². The summed E-state index contributed by atoms with van der Waals surface area (Å²) < 4.78 is 92.3. The standard InChI is InChI=1S/C20H15O2P.3C12H11O2P.C8H19O2P.C6H15O2P.C4H11O2P.C3H4.C2H7O2P.2C2H6.2CH4O.8Al/c21-23(22,18-13-12-15-6-1-2-8-17(15)14-18)20-11-5-9-16-7-3-4-10-19(16)20;3*13-15(14,11-7-3-1-4-8-11)12-9-5-2-6-10-12;1-3-5-7-11(9,10)8-6-4-2;1-3-5-9(7,8)6-4-2;1-3-7(5,6)4-2;1-3-2;1-5(2,3)4;4*1-2;;;;;;;;/h1-14H,(H,21,22);3*1-10H,(H,13,14);3-8H2,1-2H3,(H,9,10);3-6H2,1-2H3,(H,7,8);3-4H2,1-2H3,(H,5,6);1H,2H3;1-2H3,(H,3,4);2*1-2H3;2*2H,1H3;;;;;;;;/q;;;;;;;;;;;;;8*+3. The van der Waals surface area contributed by atoms with E-state index >= 15 is 0 Å². The molecule has 612 valence electrons. The van der Waals surface area contributed by atoms with Crippen molar-refractivity contribution in [3.8, 4) is 12.3 Å². The third kappa shape index (κ3) is 59.6. The molecule has 0 saturated carbocycles. The summed E-state index contributed by atoms with van der Waals surface area (Å²) in [5.41, 5.74) is 0. The van der Waals surface area contributed by atoms with Gasteiger partial charge in [-0.1, -0.05) is 258 Å². The molecule has 0 aliphatic carbocycles. The zero-order chi connectivity index (χ0) is 85.2. The molecule has 0 radical (unpaired) electrons. The first-order valence-electron chi connectivity index (χ1n) is 36.7. The van der Waals surface area contributed by atoms with Gasteiger partial charge in [0.2, 0.25) is 14.7 Å². The quantitative estimate of drug-likeness (QED) is 0.0192. The first kappa shape index (κ1) is 140. The van der Waals surface area contributed by atoms with Crippen molar-refractivity contribution in [2.24, 2.45) is 0 Å². The molecule has 10 N–H and O–H groups in total.